The summed E-state index contributed by atoms with van der Waals surface area (Å²) in [4.78, 5) is 53.1. The predicted molar refractivity (Wildman–Crippen MR) is 123 cm³/mol. The highest BCUT2D eigenvalue weighted by atomic mass is 16.6. The quantitative estimate of drug-likeness (QED) is 0.510. The topological polar surface area (TPSA) is 134 Å². The summed E-state index contributed by atoms with van der Waals surface area (Å²) in [7, 11) is 1.30. The molecule has 0 aromatic carbocycles. The lowest BCUT2D eigenvalue weighted by Gasteiger charge is -2.30. The van der Waals surface area contributed by atoms with Crippen LogP contribution in [0.3, 0.4) is 0 Å². The van der Waals surface area contributed by atoms with Gasteiger partial charge in [-0.15, -0.1) is 0 Å². The van der Waals surface area contributed by atoms with Gasteiger partial charge in [0.05, 0.1) is 13.2 Å². The first-order valence-corrected chi connectivity index (χ1v) is 12.4. The number of carbonyl (C=O) groups is 4. The maximum absolute atomic E-state index is 13.5. The molecule has 0 radical (unpaired) electrons. The number of aliphatic hydroxyl groups excluding tert-OH is 1. The van der Waals surface area contributed by atoms with E-state index in [-0.39, 0.29) is 18.9 Å². The van der Waals surface area contributed by atoms with Gasteiger partial charge in [-0.25, -0.2) is 9.59 Å². The van der Waals surface area contributed by atoms with Crippen molar-refractivity contribution in [3.05, 3.63) is 0 Å². The highest BCUT2D eigenvalue weighted by Gasteiger charge is 2.62. The number of carbonyl (C=O) groups excluding carboxylic acids is 4. The van der Waals surface area contributed by atoms with Crippen LogP contribution in [0.25, 0.3) is 0 Å². The molecule has 0 aromatic heterocycles. The van der Waals surface area contributed by atoms with Gasteiger partial charge in [-0.1, -0.05) is 32.1 Å². The number of alkyl carbamates (subject to hydrolysis) is 1. The van der Waals surface area contributed by atoms with Gasteiger partial charge in [-0.3, -0.25) is 9.59 Å². The Bertz CT molecular complexity index is 796. The summed E-state index contributed by atoms with van der Waals surface area (Å²) in [5.74, 6) is -1.39. The summed E-state index contributed by atoms with van der Waals surface area (Å²) in [6, 6.07) is -1.80. The highest BCUT2D eigenvalue weighted by molar-refractivity contribution is 5.96. The Morgan fingerprint density at radius 3 is 2.41 bits per heavy atom. The van der Waals surface area contributed by atoms with Gasteiger partial charge in [0, 0.05) is 13.0 Å². The van der Waals surface area contributed by atoms with Crippen molar-refractivity contribution in [2.75, 3.05) is 13.7 Å². The van der Waals surface area contributed by atoms with Crippen LogP contribution in [0, 0.1) is 5.92 Å². The third kappa shape index (κ3) is 6.20. The fourth-order valence-corrected chi connectivity index (χ4v) is 5.10. The van der Waals surface area contributed by atoms with E-state index in [0.717, 1.165) is 38.5 Å². The Hall–Kier alpha value is -2.36. The maximum Gasteiger partial charge on any atom is 0.408 e. The Balaban J connectivity index is 1.82. The molecule has 192 valence electrons. The Morgan fingerprint density at radius 2 is 1.76 bits per heavy atom. The first kappa shape index (κ1) is 26.2. The van der Waals surface area contributed by atoms with E-state index in [9.17, 15) is 24.3 Å². The average Bonchev–Trinajstić information content (AvgIpc) is 3.29. The third-order valence-electron chi connectivity index (χ3n) is 6.90. The Morgan fingerprint density at radius 1 is 1.12 bits per heavy atom. The molecule has 34 heavy (non-hydrogen) atoms. The molecule has 3 fully saturated rings. The van der Waals surface area contributed by atoms with E-state index in [1.165, 1.54) is 12.0 Å². The first-order valence-electron chi connectivity index (χ1n) is 12.4. The summed E-state index contributed by atoms with van der Waals surface area (Å²) in [6.45, 7) is 5.21. The molecule has 5 atom stereocenters. The van der Waals surface area contributed by atoms with Gasteiger partial charge in [0.1, 0.15) is 23.2 Å². The van der Waals surface area contributed by atoms with Crippen LogP contribution in [0.15, 0.2) is 0 Å². The molecular formula is C24H39N3O7. The molecule has 2 aliphatic heterocycles. The molecule has 1 saturated carbocycles. The second kappa shape index (κ2) is 10.5. The summed E-state index contributed by atoms with van der Waals surface area (Å²) in [5.41, 5.74) is -1.79. The number of methoxy groups -OCH3 is 1. The number of aliphatic hydroxyl groups is 1. The van der Waals surface area contributed by atoms with Gasteiger partial charge in [-0.05, 0) is 46.0 Å². The lowest BCUT2D eigenvalue weighted by molar-refractivity contribution is -0.148. The van der Waals surface area contributed by atoms with Crippen LogP contribution < -0.4 is 10.6 Å². The third-order valence-corrected chi connectivity index (χ3v) is 6.90. The number of nitrogens with one attached hydrogen (secondary N) is 2. The number of esters is 1. The molecule has 0 spiro atoms. The number of hydrogen-bond acceptors (Lipinski definition) is 7. The van der Waals surface area contributed by atoms with Crippen molar-refractivity contribution in [3.63, 3.8) is 0 Å². The van der Waals surface area contributed by atoms with Crippen molar-refractivity contribution in [1.29, 1.82) is 0 Å². The predicted octanol–water partition coefficient (Wildman–Crippen LogP) is 1.63. The van der Waals surface area contributed by atoms with Crippen molar-refractivity contribution in [1.82, 2.24) is 15.5 Å². The molecule has 0 bridgehead atoms. The van der Waals surface area contributed by atoms with E-state index in [1.54, 1.807) is 20.8 Å². The van der Waals surface area contributed by atoms with Crippen LogP contribution in [0.2, 0.25) is 0 Å². The number of fused-ring (bicyclic) bond motifs is 2. The summed E-state index contributed by atoms with van der Waals surface area (Å²) < 4.78 is 10.3. The number of amides is 3. The number of rotatable bonds is 2. The zero-order valence-corrected chi connectivity index (χ0v) is 20.7. The van der Waals surface area contributed by atoms with Crippen molar-refractivity contribution in [2.45, 2.75) is 108 Å². The molecule has 3 aliphatic rings. The van der Waals surface area contributed by atoms with E-state index in [4.69, 9.17) is 9.47 Å². The van der Waals surface area contributed by atoms with Crippen LogP contribution in [0.4, 0.5) is 4.79 Å². The number of hydrogen-bond donors (Lipinski definition) is 3. The minimum absolute atomic E-state index is 0.00564. The molecular weight excluding hydrogens is 442 g/mol. The summed E-state index contributed by atoms with van der Waals surface area (Å²) in [6.07, 6.45) is 4.76. The second-order valence-corrected chi connectivity index (χ2v) is 10.8. The van der Waals surface area contributed by atoms with Crippen molar-refractivity contribution >= 4 is 23.9 Å². The van der Waals surface area contributed by atoms with Crippen LogP contribution in [-0.4, -0.2) is 76.9 Å². The molecule has 2 heterocycles. The van der Waals surface area contributed by atoms with Crippen LogP contribution >= 0.6 is 0 Å². The van der Waals surface area contributed by atoms with Crippen LogP contribution in [-0.2, 0) is 23.9 Å². The van der Waals surface area contributed by atoms with E-state index in [2.05, 4.69) is 10.6 Å². The van der Waals surface area contributed by atoms with Gasteiger partial charge in [0.2, 0.25) is 11.8 Å². The molecule has 1 unspecified atom stereocenters. The van der Waals surface area contributed by atoms with E-state index in [1.807, 2.05) is 0 Å². The molecule has 1 aliphatic carbocycles. The van der Waals surface area contributed by atoms with E-state index >= 15 is 0 Å². The highest BCUT2D eigenvalue weighted by Crippen LogP contribution is 2.48. The lowest BCUT2D eigenvalue weighted by Crippen LogP contribution is -2.56. The first-order chi connectivity index (χ1) is 16.0. The average molecular weight is 482 g/mol. The van der Waals surface area contributed by atoms with Crippen LogP contribution in [0.5, 0.6) is 0 Å². The van der Waals surface area contributed by atoms with Crippen LogP contribution in [0.1, 0.15) is 78.6 Å². The SMILES string of the molecule is COC(=O)[C@@]12CC1CCCCCCC[C@H](NC(=O)OC(C)(C)C)C(=O)N1C[C@@H](O)C[C@H]1C(=O)N2. The van der Waals surface area contributed by atoms with Gasteiger partial charge < -0.3 is 30.1 Å². The molecule has 0 aromatic rings. The maximum atomic E-state index is 13.5. The molecule has 3 amide bonds. The monoisotopic (exact) mass is 481 g/mol. The second-order valence-electron chi connectivity index (χ2n) is 10.8. The molecule has 3 rings (SSSR count). The summed E-state index contributed by atoms with van der Waals surface area (Å²) >= 11 is 0. The standard InChI is InChI=1S/C24H39N3O7/c1-23(2,3)34-22(32)25-17-11-9-7-5-6-8-10-15-13-24(15,21(31)33-4)26-19(29)18-12-16(28)14-27(18)20(17)30/h15-18,28H,5-14H2,1-4H3,(H,25,32)(H,26,29)/t15?,16-,17-,18-,24+/m0/s1. The molecule has 10 nitrogen and oxygen atoms in total. The number of ether oxygens (including phenoxy) is 2. The minimum Gasteiger partial charge on any atom is -0.467 e. The van der Waals surface area contributed by atoms with E-state index < -0.39 is 53.2 Å². The fraction of sp³-hybridized carbons (Fsp3) is 0.833. The van der Waals surface area contributed by atoms with Crippen molar-refractivity contribution < 1.29 is 33.8 Å². The lowest BCUT2D eigenvalue weighted by atomic mass is 10.0. The van der Waals surface area contributed by atoms with Crippen molar-refractivity contribution in [3.8, 4) is 0 Å². The summed E-state index contributed by atoms with van der Waals surface area (Å²) in [5, 5.41) is 15.8. The number of nitrogens with zero attached hydrogens (tertiary/aromatic N) is 1. The molecule has 10 heteroatoms. The smallest absolute Gasteiger partial charge is 0.408 e. The van der Waals surface area contributed by atoms with Gasteiger partial charge >= 0.3 is 12.1 Å². The van der Waals surface area contributed by atoms with Gasteiger partial charge in [-0.2, -0.15) is 0 Å². The van der Waals surface area contributed by atoms with E-state index in [0.29, 0.717) is 12.8 Å². The fourth-order valence-electron chi connectivity index (χ4n) is 5.10. The van der Waals surface area contributed by atoms with Crippen molar-refractivity contribution in [2.24, 2.45) is 5.92 Å². The Kier molecular flexibility index (Phi) is 8.10. The largest absolute Gasteiger partial charge is 0.467 e. The zero-order valence-electron chi connectivity index (χ0n) is 20.7. The molecule has 2 saturated heterocycles. The van der Waals surface area contributed by atoms with Gasteiger partial charge in [0.25, 0.3) is 0 Å². The van der Waals surface area contributed by atoms with Gasteiger partial charge in [0.15, 0.2) is 0 Å². The zero-order chi connectivity index (χ0) is 25.1. The Labute approximate surface area is 201 Å². The molecule has 3 N–H and O–H groups in total. The normalized spacial score (nSPS) is 32.9. The minimum atomic E-state index is -1.07.